The minimum Gasteiger partial charge on any atom is -0.469 e. The molecule has 0 aromatic rings. The van der Waals surface area contributed by atoms with Gasteiger partial charge in [0.1, 0.15) is 11.6 Å². The van der Waals surface area contributed by atoms with Gasteiger partial charge in [-0.15, -0.1) is 0 Å². The van der Waals surface area contributed by atoms with Gasteiger partial charge in [0, 0.05) is 6.42 Å². The standard InChI is InChI=1S/C13H21NO7/c1-13(2,3)21-12(18)14(8-15)9(11(17)20-5)6-7-10(16)19-4/h8-9H,6-7H2,1-5H3/t9-/m0/s1. The lowest BCUT2D eigenvalue weighted by molar-refractivity contribution is -0.150. The highest BCUT2D eigenvalue weighted by Gasteiger charge is 2.34. The summed E-state index contributed by atoms with van der Waals surface area (Å²) < 4.78 is 14.0. The number of esters is 2. The summed E-state index contributed by atoms with van der Waals surface area (Å²) >= 11 is 0. The molecular weight excluding hydrogens is 282 g/mol. The molecule has 0 heterocycles. The van der Waals surface area contributed by atoms with Crippen molar-refractivity contribution in [2.45, 2.75) is 45.3 Å². The van der Waals surface area contributed by atoms with Gasteiger partial charge in [-0.3, -0.25) is 9.59 Å². The second-order valence-electron chi connectivity index (χ2n) is 5.15. The van der Waals surface area contributed by atoms with E-state index >= 15 is 0 Å². The Labute approximate surface area is 123 Å². The van der Waals surface area contributed by atoms with E-state index in [1.165, 1.54) is 7.11 Å². The maximum atomic E-state index is 11.9. The van der Waals surface area contributed by atoms with E-state index < -0.39 is 29.7 Å². The molecule has 0 aromatic carbocycles. The Morgan fingerprint density at radius 1 is 1.14 bits per heavy atom. The summed E-state index contributed by atoms with van der Waals surface area (Å²) in [7, 11) is 2.31. The maximum absolute atomic E-state index is 11.9. The third-order valence-corrected chi connectivity index (χ3v) is 2.38. The summed E-state index contributed by atoms with van der Waals surface area (Å²) in [4.78, 5) is 46.4. The predicted molar refractivity (Wildman–Crippen MR) is 71.2 cm³/mol. The zero-order chi connectivity index (χ0) is 16.6. The molecule has 8 nitrogen and oxygen atoms in total. The van der Waals surface area contributed by atoms with E-state index in [4.69, 9.17) is 4.74 Å². The minimum absolute atomic E-state index is 0.114. The van der Waals surface area contributed by atoms with Gasteiger partial charge in [-0.2, -0.15) is 0 Å². The van der Waals surface area contributed by atoms with Crippen LogP contribution in [0.4, 0.5) is 4.79 Å². The Balaban J connectivity index is 5.07. The van der Waals surface area contributed by atoms with Gasteiger partial charge in [-0.1, -0.05) is 0 Å². The second kappa shape index (κ2) is 8.23. The predicted octanol–water partition coefficient (Wildman–Crippen LogP) is 0.875. The Morgan fingerprint density at radius 3 is 2.10 bits per heavy atom. The lowest BCUT2D eigenvalue weighted by Crippen LogP contribution is -2.47. The van der Waals surface area contributed by atoms with E-state index in [1.807, 2.05) is 0 Å². The van der Waals surface area contributed by atoms with Crippen molar-refractivity contribution in [3.05, 3.63) is 0 Å². The zero-order valence-electron chi connectivity index (χ0n) is 12.9. The van der Waals surface area contributed by atoms with Gasteiger partial charge in [0.25, 0.3) is 0 Å². The topological polar surface area (TPSA) is 99.2 Å². The maximum Gasteiger partial charge on any atom is 0.417 e. The van der Waals surface area contributed by atoms with Crippen molar-refractivity contribution < 1.29 is 33.4 Å². The van der Waals surface area contributed by atoms with Gasteiger partial charge < -0.3 is 14.2 Å². The molecule has 0 rings (SSSR count). The number of amides is 2. The molecule has 0 saturated carbocycles. The fourth-order valence-corrected chi connectivity index (χ4v) is 1.42. The van der Waals surface area contributed by atoms with E-state index in [0.29, 0.717) is 4.90 Å². The molecule has 0 aromatic heterocycles. The van der Waals surface area contributed by atoms with Crippen LogP contribution in [0.15, 0.2) is 0 Å². The summed E-state index contributed by atoms with van der Waals surface area (Å²) in [6, 6.07) is -1.25. The molecule has 0 N–H and O–H groups in total. The molecule has 8 heteroatoms. The van der Waals surface area contributed by atoms with Crippen LogP contribution in [0.5, 0.6) is 0 Å². The third kappa shape index (κ3) is 6.73. The Bertz CT molecular complexity index is 400. The fourth-order valence-electron chi connectivity index (χ4n) is 1.42. The van der Waals surface area contributed by atoms with Gasteiger partial charge in [-0.25, -0.2) is 14.5 Å². The number of ether oxygens (including phenoxy) is 3. The number of hydrogen-bond acceptors (Lipinski definition) is 7. The molecule has 0 bridgehead atoms. The van der Waals surface area contributed by atoms with Crippen molar-refractivity contribution in [2.24, 2.45) is 0 Å². The van der Waals surface area contributed by atoms with Crippen LogP contribution in [0.3, 0.4) is 0 Å². The number of nitrogens with zero attached hydrogens (tertiary/aromatic N) is 1. The van der Waals surface area contributed by atoms with E-state index in [9.17, 15) is 19.2 Å². The molecule has 0 fully saturated rings. The number of rotatable bonds is 6. The third-order valence-electron chi connectivity index (χ3n) is 2.38. The van der Waals surface area contributed by atoms with Gasteiger partial charge in [0.05, 0.1) is 14.2 Å². The summed E-state index contributed by atoms with van der Waals surface area (Å²) in [5, 5.41) is 0. The largest absolute Gasteiger partial charge is 0.469 e. The van der Waals surface area contributed by atoms with Crippen LogP contribution in [0.25, 0.3) is 0 Å². The lowest BCUT2D eigenvalue weighted by Gasteiger charge is -2.27. The zero-order valence-corrected chi connectivity index (χ0v) is 12.9. The van der Waals surface area contributed by atoms with Crippen molar-refractivity contribution in [1.29, 1.82) is 0 Å². The van der Waals surface area contributed by atoms with Crippen LogP contribution in [0, 0.1) is 0 Å². The number of carbonyl (C=O) groups excluding carboxylic acids is 4. The van der Waals surface area contributed by atoms with Crippen molar-refractivity contribution >= 4 is 24.4 Å². The highest BCUT2D eigenvalue weighted by atomic mass is 16.6. The fraction of sp³-hybridized carbons (Fsp3) is 0.692. The molecule has 0 radical (unpaired) electrons. The average Bonchev–Trinajstić information content (AvgIpc) is 2.39. The molecule has 2 amide bonds. The van der Waals surface area contributed by atoms with Crippen LogP contribution in [-0.4, -0.2) is 55.2 Å². The molecule has 0 aliphatic heterocycles. The van der Waals surface area contributed by atoms with Crippen LogP contribution in [0.1, 0.15) is 33.6 Å². The van der Waals surface area contributed by atoms with Crippen LogP contribution in [-0.2, 0) is 28.6 Å². The molecule has 120 valence electrons. The number of hydrogen-bond donors (Lipinski definition) is 0. The molecule has 0 unspecified atom stereocenters. The molecular formula is C13H21NO7. The van der Waals surface area contributed by atoms with Gasteiger partial charge in [-0.05, 0) is 27.2 Å². The smallest absolute Gasteiger partial charge is 0.417 e. The molecule has 0 saturated heterocycles. The van der Waals surface area contributed by atoms with Crippen LogP contribution >= 0.6 is 0 Å². The summed E-state index contributed by atoms with van der Waals surface area (Å²) in [6.45, 7) is 4.86. The first-order chi connectivity index (χ1) is 9.66. The number of carbonyl (C=O) groups is 4. The quantitative estimate of drug-likeness (QED) is 0.408. The molecule has 0 spiro atoms. The minimum atomic E-state index is -1.25. The average molecular weight is 303 g/mol. The number of imide groups is 1. The summed E-state index contributed by atoms with van der Waals surface area (Å²) in [6.07, 6.45) is -1.08. The summed E-state index contributed by atoms with van der Waals surface area (Å²) in [5.74, 6) is -1.39. The van der Waals surface area contributed by atoms with Crippen molar-refractivity contribution in [1.82, 2.24) is 4.90 Å². The van der Waals surface area contributed by atoms with E-state index in [2.05, 4.69) is 9.47 Å². The van der Waals surface area contributed by atoms with Gasteiger partial charge in [0.2, 0.25) is 6.41 Å². The van der Waals surface area contributed by atoms with Crippen molar-refractivity contribution in [2.75, 3.05) is 14.2 Å². The first-order valence-corrected chi connectivity index (χ1v) is 6.27. The van der Waals surface area contributed by atoms with E-state index in [0.717, 1.165) is 7.11 Å². The molecule has 21 heavy (non-hydrogen) atoms. The monoisotopic (exact) mass is 303 g/mol. The van der Waals surface area contributed by atoms with Crippen LogP contribution in [0.2, 0.25) is 0 Å². The van der Waals surface area contributed by atoms with Crippen molar-refractivity contribution in [3.63, 3.8) is 0 Å². The first kappa shape index (κ1) is 18.9. The summed E-state index contributed by atoms with van der Waals surface area (Å²) in [5.41, 5.74) is -0.832. The normalized spacial score (nSPS) is 12.0. The van der Waals surface area contributed by atoms with E-state index in [1.54, 1.807) is 20.8 Å². The lowest BCUT2D eigenvalue weighted by atomic mass is 10.1. The Hall–Kier alpha value is -2.12. The first-order valence-electron chi connectivity index (χ1n) is 6.27. The molecule has 0 aliphatic carbocycles. The molecule has 1 atom stereocenters. The van der Waals surface area contributed by atoms with Gasteiger partial charge >= 0.3 is 18.0 Å². The highest BCUT2D eigenvalue weighted by molar-refractivity contribution is 5.89. The highest BCUT2D eigenvalue weighted by Crippen LogP contribution is 2.14. The van der Waals surface area contributed by atoms with Crippen LogP contribution < -0.4 is 0 Å². The number of methoxy groups -OCH3 is 2. The Kier molecular flexibility index (Phi) is 7.40. The second-order valence-corrected chi connectivity index (χ2v) is 5.15. The van der Waals surface area contributed by atoms with Crippen molar-refractivity contribution in [3.8, 4) is 0 Å². The molecule has 0 aliphatic rings. The Morgan fingerprint density at radius 2 is 1.71 bits per heavy atom. The SMILES string of the molecule is COC(=O)CC[C@@H](C(=O)OC)N(C=O)C(=O)OC(C)(C)C. The van der Waals surface area contributed by atoms with E-state index in [-0.39, 0.29) is 19.3 Å². The van der Waals surface area contributed by atoms with Gasteiger partial charge in [0.15, 0.2) is 0 Å².